The molecule has 10 N–H and O–H groups in total. The van der Waals surface area contributed by atoms with Crippen molar-refractivity contribution in [2.75, 3.05) is 38.2 Å². The molecule has 5 atom stereocenters. The van der Waals surface area contributed by atoms with Crippen molar-refractivity contribution in [3.05, 3.63) is 35.9 Å². The van der Waals surface area contributed by atoms with Gasteiger partial charge < -0.3 is 48.3 Å². The van der Waals surface area contributed by atoms with E-state index in [-0.39, 0.29) is 50.8 Å². The van der Waals surface area contributed by atoms with Crippen molar-refractivity contribution in [1.29, 1.82) is 0 Å². The van der Waals surface area contributed by atoms with Crippen molar-refractivity contribution >= 4 is 64.0 Å². The van der Waals surface area contributed by atoms with Crippen LogP contribution in [0.15, 0.2) is 30.3 Å². The summed E-state index contributed by atoms with van der Waals surface area (Å²) < 4.78 is 12.0. The standard InChI is InChI=1S/C32H47N9O10S/c1-19(42)35-17-27(45)39-22-10-11-25(43)34-13-6-9-21(29(33)47)38-28(46)18-36-26(44)16-37-30(48)24(15-20-7-4-3-5-8-20)41-32(50)23(40-31(22)49)12-14-52(2)51/h3-5,7-8,21-24H,6,9-18H2,1-2H3,(H2,33,47)(H,34,43)(H,35,42)(H,36,44)(H,37,48)(H,38,46)(H,39,45)(H,40,49)(H,41,50)/t21?,22?,23-,24?,52?/m0/s1. The van der Waals surface area contributed by atoms with E-state index in [2.05, 4.69) is 42.5 Å². The summed E-state index contributed by atoms with van der Waals surface area (Å²) in [5, 5.41) is 19.6. The van der Waals surface area contributed by atoms with Crippen LogP contribution < -0.4 is 48.3 Å². The number of primary amides is 1. The molecule has 1 aliphatic rings. The highest BCUT2D eigenvalue weighted by atomic mass is 32.2. The number of hydrogen-bond acceptors (Lipinski definition) is 10. The number of amides is 9. The average Bonchev–Trinajstić information content (AvgIpc) is 3.09. The van der Waals surface area contributed by atoms with Crippen LogP contribution >= 0.6 is 0 Å². The Kier molecular flexibility index (Phi) is 18.4. The maximum atomic E-state index is 13.7. The predicted octanol–water partition coefficient (Wildman–Crippen LogP) is -4.52. The fourth-order valence-corrected chi connectivity index (χ4v) is 5.40. The summed E-state index contributed by atoms with van der Waals surface area (Å²) in [5.74, 6) is -6.63. The Hall–Kier alpha value is -5.40. The van der Waals surface area contributed by atoms with Gasteiger partial charge in [0.05, 0.1) is 19.6 Å². The van der Waals surface area contributed by atoms with Gasteiger partial charge in [-0.1, -0.05) is 30.3 Å². The molecule has 52 heavy (non-hydrogen) atoms. The smallest absolute Gasteiger partial charge is 0.243 e. The van der Waals surface area contributed by atoms with Gasteiger partial charge in [0.25, 0.3) is 0 Å². The lowest BCUT2D eigenvalue weighted by atomic mass is 10.0. The average molecular weight is 750 g/mol. The zero-order valence-electron chi connectivity index (χ0n) is 29.0. The van der Waals surface area contributed by atoms with Gasteiger partial charge in [0.15, 0.2) is 0 Å². The molecule has 0 aromatic heterocycles. The third-order valence-corrected chi connectivity index (χ3v) is 8.40. The summed E-state index contributed by atoms with van der Waals surface area (Å²) in [6.07, 6.45) is 0.966. The summed E-state index contributed by atoms with van der Waals surface area (Å²) in [6.45, 7) is -0.351. The van der Waals surface area contributed by atoms with Gasteiger partial charge in [-0.2, -0.15) is 0 Å². The minimum Gasteiger partial charge on any atom is -0.368 e. The maximum Gasteiger partial charge on any atom is 0.243 e. The molecule has 1 saturated heterocycles. The summed E-state index contributed by atoms with van der Waals surface area (Å²) in [5.41, 5.74) is 6.04. The fourth-order valence-electron chi connectivity index (χ4n) is 4.84. The van der Waals surface area contributed by atoms with Crippen molar-refractivity contribution in [3.63, 3.8) is 0 Å². The molecule has 9 amide bonds. The lowest BCUT2D eigenvalue weighted by Crippen LogP contribution is -2.58. The fraction of sp³-hybridized carbons (Fsp3) is 0.531. The van der Waals surface area contributed by atoms with Crippen LogP contribution in [0.2, 0.25) is 0 Å². The number of carbonyl (C=O) groups is 9. The van der Waals surface area contributed by atoms with Crippen LogP contribution in [0.25, 0.3) is 0 Å². The van der Waals surface area contributed by atoms with E-state index in [4.69, 9.17) is 5.73 Å². The Labute approximate surface area is 302 Å². The van der Waals surface area contributed by atoms with Crippen molar-refractivity contribution in [2.45, 2.75) is 69.6 Å². The molecule has 1 aromatic carbocycles. The highest BCUT2D eigenvalue weighted by Gasteiger charge is 2.31. The van der Waals surface area contributed by atoms with Crippen molar-refractivity contribution < 1.29 is 47.4 Å². The lowest BCUT2D eigenvalue weighted by molar-refractivity contribution is -0.134. The second-order valence-corrected chi connectivity index (χ2v) is 13.5. The molecule has 1 aromatic rings. The first-order chi connectivity index (χ1) is 24.6. The first-order valence-electron chi connectivity index (χ1n) is 16.5. The van der Waals surface area contributed by atoms with E-state index < -0.39 is 108 Å². The Morgan fingerprint density at radius 2 is 1.50 bits per heavy atom. The maximum absolute atomic E-state index is 13.7. The molecule has 4 unspecified atom stereocenters. The van der Waals surface area contributed by atoms with Crippen LogP contribution in [0.3, 0.4) is 0 Å². The highest BCUT2D eigenvalue weighted by molar-refractivity contribution is 7.84. The second-order valence-electron chi connectivity index (χ2n) is 12.0. The van der Waals surface area contributed by atoms with Crippen LogP contribution in [0.5, 0.6) is 0 Å². The Bertz CT molecular complexity index is 1490. The number of nitrogens with one attached hydrogen (secondary N) is 8. The lowest BCUT2D eigenvalue weighted by Gasteiger charge is -2.25. The molecule has 0 radical (unpaired) electrons. The third-order valence-electron chi connectivity index (χ3n) is 7.59. The summed E-state index contributed by atoms with van der Waals surface area (Å²) in [4.78, 5) is 114. The van der Waals surface area contributed by atoms with Gasteiger partial charge in [-0.25, -0.2) is 0 Å². The molecule has 286 valence electrons. The second kappa shape index (κ2) is 22.4. The van der Waals surface area contributed by atoms with E-state index in [1.807, 2.05) is 0 Å². The molecule has 1 aliphatic heterocycles. The number of hydrogen-bond donors (Lipinski definition) is 9. The van der Waals surface area contributed by atoms with Crippen LogP contribution in [0, 0.1) is 0 Å². The number of benzene rings is 1. The van der Waals surface area contributed by atoms with Gasteiger partial charge in [0.2, 0.25) is 53.2 Å². The minimum atomic E-state index is -1.40. The van der Waals surface area contributed by atoms with Crippen molar-refractivity contribution in [2.24, 2.45) is 5.73 Å². The van der Waals surface area contributed by atoms with E-state index in [0.29, 0.717) is 5.56 Å². The minimum absolute atomic E-state index is 0.0275. The van der Waals surface area contributed by atoms with Gasteiger partial charge in [-0.05, 0) is 31.2 Å². The van der Waals surface area contributed by atoms with Crippen LogP contribution in [-0.4, -0.2) is 120 Å². The van der Waals surface area contributed by atoms with E-state index >= 15 is 0 Å². The zero-order chi connectivity index (χ0) is 38.6. The summed E-state index contributed by atoms with van der Waals surface area (Å²) in [7, 11) is -1.40. The van der Waals surface area contributed by atoms with Crippen LogP contribution in [0.1, 0.15) is 44.6 Å². The molecule has 0 spiro atoms. The molecule has 0 aliphatic carbocycles. The first kappa shape index (κ1) is 42.8. The molecule has 0 saturated carbocycles. The van der Waals surface area contributed by atoms with Crippen LogP contribution in [0.4, 0.5) is 0 Å². The number of rotatable bonds is 9. The monoisotopic (exact) mass is 749 g/mol. The topological polar surface area (TPSA) is 293 Å². The van der Waals surface area contributed by atoms with E-state index in [1.54, 1.807) is 30.3 Å². The molecule has 2 rings (SSSR count). The zero-order valence-corrected chi connectivity index (χ0v) is 29.9. The Morgan fingerprint density at radius 3 is 2.15 bits per heavy atom. The van der Waals surface area contributed by atoms with Gasteiger partial charge in [0.1, 0.15) is 24.2 Å². The quantitative estimate of drug-likeness (QED) is 0.117. The molecule has 20 heteroatoms. The summed E-state index contributed by atoms with van der Waals surface area (Å²) >= 11 is 0. The molecule has 19 nitrogen and oxygen atoms in total. The van der Waals surface area contributed by atoms with E-state index in [0.717, 1.165) is 0 Å². The van der Waals surface area contributed by atoms with Crippen LogP contribution in [-0.2, 0) is 60.4 Å². The normalized spacial score (nSPS) is 22.5. The van der Waals surface area contributed by atoms with E-state index in [1.165, 1.54) is 13.2 Å². The molecular weight excluding hydrogens is 702 g/mol. The number of nitrogens with two attached hydrogens (primary N) is 1. The van der Waals surface area contributed by atoms with Crippen molar-refractivity contribution in [1.82, 2.24) is 42.5 Å². The predicted molar refractivity (Wildman–Crippen MR) is 187 cm³/mol. The first-order valence-corrected chi connectivity index (χ1v) is 18.3. The van der Waals surface area contributed by atoms with Gasteiger partial charge in [-0.15, -0.1) is 0 Å². The SMILES string of the molecule is CC(=O)NCC(=O)NC1CCC(=O)NCCCC(C(N)=O)NC(=O)CNC(=O)CNC(=O)C(Cc2ccccc2)NC(=O)[C@H](CCS(C)=O)NC1=O. The molecule has 1 heterocycles. The molecule has 0 bridgehead atoms. The molecular formula is C32H47N9O10S. The van der Waals surface area contributed by atoms with Gasteiger partial charge >= 0.3 is 0 Å². The third kappa shape index (κ3) is 17.0. The van der Waals surface area contributed by atoms with E-state index in [9.17, 15) is 47.4 Å². The molecule has 1 fully saturated rings. The Morgan fingerprint density at radius 1 is 0.827 bits per heavy atom. The van der Waals surface area contributed by atoms with Gasteiger partial charge in [0, 0.05) is 49.1 Å². The largest absolute Gasteiger partial charge is 0.368 e. The number of carbonyl (C=O) groups excluding carboxylic acids is 9. The van der Waals surface area contributed by atoms with Crippen molar-refractivity contribution in [3.8, 4) is 0 Å². The summed E-state index contributed by atoms with van der Waals surface area (Å²) in [6, 6.07) is 3.49. The van der Waals surface area contributed by atoms with Gasteiger partial charge in [-0.3, -0.25) is 47.4 Å². The highest BCUT2D eigenvalue weighted by Crippen LogP contribution is 2.07. The Balaban J connectivity index is 2.41.